The Labute approximate surface area is 229 Å². The minimum absolute atomic E-state index is 0.187. The molecule has 0 saturated carbocycles. The summed E-state index contributed by atoms with van der Waals surface area (Å²) in [6, 6.07) is 20.7. The van der Waals surface area contributed by atoms with Gasteiger partial charge in [-0.25, -0.2) is 14.8 Å². The number of nitrogens with zero attached hydrogens (tertiary/aromatic N) is 3. The molecule has 194 valence electrons. The average molecular weight is 544 g/mol. The van der Waals surface area contributed by atoms with Crippen LogP contribution in [0.25, 0.3) is 0 Å². The van der Waals surface area contributed by atoms with E-state index in [1.165, 1.54) is 10.4 Å². The van der Waals surface area contributed by atoms with Gasteiger partial charge in [0.2, 0.25) is 0 Å². The largest absolute Gasteiger partial charge is 0.534 e. The second kappa shape index (κ2) is 10.2. The lowest BCUT2D eigenvalue weighted by atomic mass is 10.0. The molecule has 5 rings (SSSR count). The number of fused-ring (bicyclic) bond motifs is 3. The zero-order valence-electron chi connectivity index (χ0n) is 21.9. The molecule has 0 fully saturated rings. The number of esters is 1. The van der Waals surface area contributed by atoms with Crippen LogP contribution in [0.2, 0.25) is 5.04 Å². The fraction of sp³-hybridized carbons (Fsp3) is 0.233. The normalized spacial score (nSPS) is 16.9. The highest BCUT2D eigenvalue weighted by Crippen LogP contribution is 2.41. The van der Waals surface area contributed by atoms with Gasteiger partial charge in [-0.15, -0.1) is 0 Å². The van der Waals surface area contributed by atoms with Crippen LogP contribution in [-0.4, -0.2) is 36.7 Å². The Morgan fingerprint density at radius 3 is 2.26 bits per heavy atom. The topological polar surface area (TPSA) is 65.7 Å². The van der Waals surface area contributed by atoms with Crippen molar-refractivity contribution in [3.63, 3.8) is 0 Å². The number of ether oxygens (including phenoxy) is 1. The summed E-state index contributed by atoms with van der Waals surface area (Å²) in [6.45, 7) is 8.75. The molecule has 8 heteroatoms. The molecule has 2 aromatic carbocycles. The van der Waals surface area contributed by atoms with E-state index in [9.17, 15) is 4.79 Å². The van der Waals surface area contributed by atoms with Crippen LogP contribution in [0.4, 0.5) is 0 Å². The fourth-order valence-corrected chi connectivity index (χ4v) is 9.79. The third-order valence-corrected chi connectivity index (χ3v) is 12.1. The van der Waals surface area contributed by atoms with Gasteiger partial charge in [0.05, 0.1) is 30.9 Å². The van der Waals surface area contributed by atoms with Gasteiger partial charge in [0.25, 0.3) is 0 Å². The molecule has 0 amide bonds. The Morgan fingerprint density at radius 2 is 1.68 bits per heavy atom. The van der Waals surface area contributed by atoms with Crippen molar-refractivity contribution in [3.8, 4) is 0 Å². The summed E-state index contributed by atoms with van der Waals surface area (Å²) >= 11 is 6.70. The van der Waals surface area contributed by atoms with E-state index >= 15 is 0 Å². The first-order valence-electron chi connectivity index (χ1n) is 12.6. The number of hydrogen-bond donors (Lipinski definition) is 0. The Bertz CT molecular complexity index is 1430. The van der Waals surface area contributed by atoms with Crippen molar-refractivity contribution >= 4 is 42.5 Å². The molecule has 1 aliphatic carbocycles. The quantitative estimate of drug-likeness (QED) is 0.233. The Hall–Kier alpha value is -3.68. The van der Waals surface area contributed by atoms with Gasteiger partial charge in [-0.05, 0) is 34.5 Å². The maximum absolute atomic E-state index is 12.5. The zero-order chi connectivity index (χ0) is 26.9. The van der Waals surface area contributed by atoms with Gasteiger partial charge < -0.3 is 13.7 Å². The molecule has 6 nitrogen and oxygen atoms in total. The Kier molecular flexibility index (Phi) is 6.99. The zero-order valence-corrected chi connectivity index (χ0v) is 23.6. The minimum atomic E-state index is -2.82. The number of hydrogen-bond acceptors (Lipinski definition) is 5. The SMILES string of the molecule is CCOC(=O)c1ncn2c1C=NC(Cl)=C1C=C(O[Si](c3ccccc3)(c3ccccc3)C(C)(C)C)C=CC12. The van der Waals surface area contributed by atoms with Crippen LogP contribution in [0.15, 0.2) is 107 Å². The second-order valence-corrected chi connectivity index (χ2v) is 14.8. The number of benzene rings is 2. The number of rotatable bonds is 6. The smallest absolute Gasteiger partial charge is 0.359 e. The van der Waals surface area contributed by atoms with Crippen LogP contribution >= 0.6 is 11.6 Å². The van der Waals surface area contributed by atoms with E-state index in [0.717, 1.165) is 5.57 Å². The van der Waals surface area contributed by atoms with Crippen LogP contribution in [0.3, 0.4) is 0 Å². The molecule has 3 aromatic rings. The fourth-order valence-electron chi connectivity index (χ4n) is 5.16. The lowest BCUT2D eigenvalue weighted by Gasteiger charge is -2.43. The van der Waals surface area contributed by atoms with Gasteiger partial charge in [0.15, 0.2) is 5.69 Å². The molecule has 1 unspecified atom stereocenters. The maximum atomic E-state index is 12.5. The van der Waals surface area contributed by atoms with E-state index in [1.807, 2.05) is 34.9 Å². The molecule has 2 heterocycles. The van der Waals surface area contributed by atoms with Gasteiger partial charge in [-0.2, -0.15) is 0 Å². The summed E-state index contributed by atoms with van der Waals surface area (Å²) in [5.74, 6) is 0.228. The van der Waals surface area contributed by atoms with Crippen molar-refractivity contribution in [1.29, 1.82) is 0 Å². The molecule has 0 spiro atoms. The Morgan fingerprint density at radius 1 is 1.05 bits per heavy atom. The van der Waals surface area contributed by atoms with Crippen LogP contribution in [0.5, 0.6) is 0 Å². The summed E-state index contributed by atoms with van der Waals surface area (Å²) in [6.07, 6.45) is 9.15. The number of allylic oxidation sites excluding steroid dienone is 4. The average Bonchev–Trinajstić information content (AvgIpc) is 3.29. The Balaban J connectivity index is 1.59. The monoisotopic (exact) mass is 543 g/mol. The number of imidazole rings is 1. The van der Waals surface area contributed by atoms with Gasteiger partial charge >= 0.3 is 14.3 Å². The first-order valence-corrected chi connectivity index (χ1v) is 14.9. The van der Waals surface area contributed by atoms with Crippen molar-refractivity contribution in [1.82, 2.24) is 9.55 Å². The van der Waals surface area contributed by atoms with Crippen molar-refractivity contribution in [2.45, 2.75) is 38.8 Å². The predicted molar refractivity (Wildman–Crippen MR) is 154 cm³/mol. The molecule has 38 heavy (non-hydrogen) atoms. The summed E-state index contributed by atoms with van der Waals surface area (Å²) in [5.41, 5.74) is 1.54. The van der Waals surface area contributed by atoms with E-state index in [-0.39, 0.29) is 23.4 Å². The third kappa shape index (κ3) is 4.46. The molecule has 0 radical (unpaired) electrons. The van der Waals surface area contributed by atoms with Gasteiger partial charge in [0.1, 0.15) is 10.9 Å². The van der Waals surface area contributed by atoms with Gasteiger partial charge in [-0.3, -0.25) is 0 Å². The van der Waals surface area contributed by atoms with Crippen molar-refractivity contribution in [2.75, 3.05) is 6.61 Å². The third-order valence-electron chi connectivity index (χ3n) is 6.89. The van der Waals surface area contributed by atoms with Crippen molar-refractivity contribution in [2.24, 2.45) is 4.99 Å². The predicted octanol–water partition coefficient (Wildman–Crippen LogP) is 5.51. The van der Waals surface area contributed by atoms with Crippen LogP contribution in [0, 0.1) is 0 Å². The molecule has 1 aliphatic heterocycles. The van der Waals surface area contributed by atoms with Gasteiger partial charge in [-0.1, -0.05) is 99.1 Å². The summed E-state index contributed by atoms with van der Waals surface area (Å²) in [5, 5.41) is 2.52. The first kappa shape index (κ1) is 25.9. The second-order valence-electron chi connectivity index (χ2n) is 10.2. The van der Waals surface area contributed by atoms with Gasteiger partial charge in [0, 0.05) is 5.57 Å². The molecule has 2 aliphatic rings. The molecule has 1 atom stereocenters. The summed E-state index contributed by atoms with van der Waals surface area (Å²) in [4.78, 5) is 21.2. The number of carbonyl (C=O) groups is 1. The first-order chi connectivity index (χ1) is 18.3. The molecular weight excluding hydrogens is 514 g/mol. The summed E-state index contributed by atoms with van der Waals surface area (Å²) < 4.78 is 14.2. The van der Waals surface area contributed by atoms with E-state index in [4.69, 9.17) is 20.8 Å². The minimum Gasteiger partial charge on any atom is -0.534 e. The standard InChI is InChI=1S/C30H30ClN3O3Si/c1-5-36-29(35)27-26-19-32-28(31)24-18-21(16-17-25(24)34(26)20-33-27)37-38(30(2,3)4,22-12-8-6-9-13-22)23-14-10-7-11-15-23/h6-20,25H,5H2,1-4H3. The van der Waals surface area contributed by atoms with Crippen molar-refractivity contribution < 1.29 is 14.0 Å². The van der Waals surface area contributed by atoms with Crippen LogP contribution < -0.4 is 10.4 Å². The molecule has 0 saturated heterocycles. The van der Waals surface area contributed by atoms with E-state index in [1.54, 1.807) is 19.5 Å². The van der Waals surface area contributed by atoms with E-state index in [2.05, 4.69) is 79.3 Å². The maximum Gasteiger partial charge on any atom is 0.359 e. The molecule has 0 bridgehead atoms. The number of halogens is 1. The molecular formula is C30H30ClN3O3Si. The molecule has 1 aromatic heterocycles. The van der Waals surface area contributed by atoms with Crippen LogP contribution in [0.1, 0.15) is 49.9 Å². The van der Waals surface area contributed by atoms with E-state index in [0.29, 0.717) is 16.6 Å². The number of carbonyl (C=O) groups excluding carboxylic acids is 1. The van der Waals surface area contributed by atoms with Crippen molar-refractivity contribution in [3.05, 3.63) is 113 Å². The lowest BCUT2D eigenvalue weighted by Crippen LogP contribution is -2.66. The number of aromatic nitrogens is 2. The lowest BCUT2D eigenvalue weighted by molar-refractivity contribution is 0.0520. The highest BCUT2D eigenvalue weighted by atomic mass is 35.5. The van der Waals surface area contributed by atoms with Crippen LogP contribution in [-0.2, 0) is 9.16 Å². The number of aliphatic imine (C=N–C) groups is 1. The molecule has 0 N–H and O–H groups in total. The summed E-state index contributed by atoms with van der Waals surface area (Å²) in [7, 11) is -2.82. The van der Waals surface area contributed by atoms with E-state index < -0.39 is 14.3 Å². The highest BCUT2D eigenvalue weighted by molar-refractivity contribution is 6.99. The highest BCUT2D eigenvalue weighted by Gasteiger charge is 2.52.